The lowest BCUT2D eigenvalue weighted by molar-refractivity contribution is -0.870. The van der Waals surface area contributed by atoms with Crippen LogP contribution in [0, 0.1) is 0 Å². The minimum absolute atomic E-state index is 0.0864. The summed E-state index contributed by atoms with van der Waals surface area (Å²) in [4.78, 5) is 23.1. The van der Waals surface area contributed by atoms with Crippen molar-refractivity contribution in [1.82, 2.24) is 0 Å². The number of phosphoric ester groups is 1. The topological polar surface area (TPSA) is 91.3 Å². The van der Waals surface area contributed by atoms with Crippen molar-refractivity contribution in [1.29, 1.82) is 0 Å². The normalized spacial score (nSPS) is 13.8. The van der Waals surface area contributed by atoms with Crippen LogP contribution in [-0.2, 0) is 27.9 Å². The number of hydrogen-bond acceptors (Lipinski definition) is 6. The highest BCUT2D eigenvalue weighted by atomic mass is 31.2. The number of carbonyl (C=O) groups is 1. The van der Waals surface area contributed by atoms with Gasteiger partial charge in [0.15, 0.2) is 0 Å². The Balaban J connectivity index is 4.06. The van der Waals surface area contributed by atoms with Crippen LogP contribution >= 0.6 is 7.82 Å². The first kappa shape index (κ1) is 65.5. The van der Waals surface area contributed by atoms with Gasteiger partial charge >= 0.3 is 13.8 Å². The summed E-state index contributed by atoms with van der Waals surface area (Å²) in [7, 11) is 1.67. The summed E-state index contributed by atoms with van der Waals surface area (Å²) in [5.74, 6) is -0.313. The summed E-state index contributed by atoms with van der Waals surface area (Å²) in [6.45, 7) is 5.53. The summed E-state index contributed by atoms with van der Waals surface area (Å²) >= 11 is 0. The van der Waals surface area contributed by atoms with E-state index in [-0.39, 0.29) is 25.8 Å². The second kappa shape index (κ2) is 50.8. The van der Waals surface area contributed by atoms with E-state index in [9.17, 15) is 14.3 Å². The van der Waals surface area contributed by atoms with E-state index < -0.39 is 13.9 Å². The smallest absolute Gasteiger partial charge is 0.457 e. The Bertz CT molecular complexity index is 1210. The van der Waals surface area contributed by atoms with Gasteiger partial charge in [0.05, 0.1) is 34.4 Å². The van der Waals surface area contributed by atoms with E-state index >= 15 is 0 Å². The van der Waals surface area contributed by atoms with E-state index in [1.807, 2.05) is 21.1 Å². The molecule has 9 heteroatoms. The molecule has 2 atom stereocenters. The molecule has 8 nitrogen and oxygen atoms in total. The lowest BCUT2D eigenvalue weighted by atomic mass is 10.0. The van der Waals surface area contributed by atoms with Gasteiger partial charge in [-0.25, -0.2) is 4.57 Å². The first-order valence-electron chi connectivity index (χ1n) is 28.4. The first-order valence-corrected chi connectivity index (χ1v) is 29.9. The zero-order valence-electron chi connectivity index (χ0n) is 44.9. The molecule has 2 unspecified atom stereocenters. The molecule has 0 aliphatic rings. The van der Waals surface area contributed by atoms with Gasteiger partial charge in [0, 0.05) is 13.0 Å². The molecular formula is C58H111NO7P+. The minimum Gasteiger partial charge on any atom is -0.457 e. The molecule has 0 amide bonds. The number of ether oxygens (including phenoxy) is 2. The number of likely N-dealkylation sites (N-methyl/N-ethyl adjacent to an activating group) is 1. The number of rotatable bonds is 53. The van der Waals surface area contributed by atoms with E-state index in [1.165, 1.54) is 173 Å². The third-order valence-electron chi connectivity index (χ3n) is 12.4. The van der Waals surface area contributed by atoms with Gasteiger partial charge in [0.1, 0.15) is 19.3 Å². The maximum atomic E-state index is 12.8. The van der Waals surface area contributed by atoms with Crippen molar-refractivity contribution in [2.24, 2.45) is 0 Å². The Morgan fingerprint density at radius 1 is 0.478 bits per heavy atom. The molecule has 0 fully saturated rings. The zero-order chi connectivity index (χ0) is 49.0. The maximum Gasteiger partial charge on any atom is 0.472 e. The fourth-order valence-corrected chi connectivity index (χ4v) is 8.82. The maximum absolute atomic E-state index is 12.8. The first-order chi connectivity index (χ1) is 32.6. The summed E-state index contributed by atoms with van der Waals surface area (Å²) in [6, 6.07) is 0. The molecule has 0 aliphatic carbocycles. The van der Waals surface area contributed by atoms with Crippen molar-refractivity contribution in [2.45, 2.75) is 264 Å². The Hall–Kier alpha value is -1.54. The molecule has 0 rings (SSSR count). The highest BCUT2D eigenvalue weighted by Gasteiger charge is 2.26. The predicted octanol–water partition coefficient (Wildman–Crippen LogP) is 17.8. The van der Waals surface area contributed by atoms with E-state index in [2.05, 4.69) is 62.5 Å². The molecule has 0 saturated carbocycles. The molecular weight excluding hydrogens is 854 g/mol. The van der Waals surface area contributed by atoms with Crippen molar-refractivity contribution in [2.75, 3.05) is 54.1 Å². The third kappa shape index (κ3) is 55.3. The monoisotopic (exact) mass is 965 g/mol. The average Bonchev–Trinajstić information content (AvgIpc) is 3.29. The summed E-state index contributed by atoms with van der Waals surface area (Å²) < 4.78 is 35.2. The fourth-order valence-electron chi connectivity index (χ4n) is 8.08. The van der Waals surface area contributed by atoms with Crippen molar-refractivity contribution in [3.05, 3.63) is 48.6 Å². The summed E-state index contributed by atoms with van der Waals surface area (Å²) in [5, 5.41) is 0. The van der Waals surface area contributed by atoms with E-state index in [0.29, 0.717) is 24.1 Å². The molecule has 0 aromatic carbocycles. The highest BCUT2D eigenvalue weighted by molar-refractivity contribution is 7.47. The fraction of sp³-hybridized carbons (Fsp3) is 0.845. The number of allylic oxidation sites excluding steroid dienone is 8. The molecule has 0 spiro atoms. The second-order valence-electron chi connectivity index (χ2n) is 20.3. The van der Waals surface area contributed by atoms with Crippen molar-refractivity contribution >= 4 is 13.8 Å². The molecule has 0 saturated heterocycles. The average molecular weight is 965 g/mol. The molecule has 0 aromatic heterocycles. The standard InChI is InChI=1S/C58H110NO7P/c1-6-8-10-12-14-16-18-20-22-24-26-28-29-30-31-32-33-35-37-39-41-43-45-47-49-51-58(60)66-57(56-65-67(61,62)64-54-52-59(3,4)5)55-63-53-50-48-46-44-42-40-38-36-34-27-25-23-21-19-17-15-13-11-9-7-2/h9,11,15,17,21,23,27,34,57H,6-8,10,12-14,16,18-20,22,24-26,28-33,35-56H2,1-5H3/p+1/b11-9-,17-15-,23-21-,34-27-. The van der Waals surface area contributed by atoms with Crippen molar-refractivity contribution in [3.8, 4) is 0 Å². The van der Waals surface area contributed by atoms with Gasteiger partial charge in [-0.05, 0) is 51.4 Å². The van der Waals surface area contributed by atoms with Crippen LogP contribution in [0.2, 0.25) is 0 Å². The van der Waals surface area contributed by atoms with Gasteiger partial charge in [-0.15, -0.1) is 0 Å². The molecule has 0 bridgehead atoms. The second-order valence-corrected chi connectivity index (χ2v) is 21.8. The van der Waals surface area contributed by atoms with Crippen LogP contribution in [0.25, 0.3) is 0 Å². The lowest BCUT2D eigenvalue weighted by Gasteiger charge is -2.24. The van der Waals surface area contributed by atoms with Crippen LogP contribution in [-0.4, -0.2) is 75.6 Å². The number of unbranched alkanes of at least 4 members (excludes halogenated alkanes) is 31. The number of esters is 1. The quantitative estimate of drug-likeness (QED) is 0.0213. The minimum atomic E-state index is -4.29. The van der Waals surface area contributed by atoms with Gasteiger partial charge in [-0.3, -0.25) is 13.8 Å². The summed E-state index contributed by atoms with van der Waals surface area (Å²) in [6.07, 6.45) is 64.6. The Kier molecular flexibility index (Phi) is 49.7. The van der Waals surface area contributed by atoms with Crippen LogP contribution in [0.3, 0.4) is 0 Å². The molecule has 394 valence electrons. The molecule has 0 aliphatic heterocycles. The number of hydrogen-bond donors (Lipinski definition) is 1. The Morgan fingerprint density at radius 3 is 1.30 bits per heavy atom. The number of carbonyl (C=O) groups excluding carboxylic acids is 1. The SMILES string of the molecule is CC/C=C\C/C=C\C/C=C\C/C=C\CCCCCCCCCOCC(COP(=O)(O)OCC[N+](C)(C)C)OC(=O)CCCCCCCCCCCCCCCCCCCCCCCCCCC. The van der Waals surface area contributed by atoms with E-state index in [0.717, 1.165) is 64.2 Å². The lowest BCUT2D eigenvalue weighted by Crippen LogP contribution is -2.37. The number of nitrogens with zero attached hydrogens (tertiary/aromatic N) is 1. The predicted molar refractivity (Wildman–Crippen MR) is 289 cm³/mol. The van der Waals surface area contributed by atoms with Crippen LogP contribution in [0.4, 0.5) is 0 Å². The van der Waals surface area contributed by atoms with Crippen molar-refractivity contribution in [3.63, 3.8) is 0 Å². The Morgan fingerprint density at radius 2 is 0.866 bits per heavy atom. The Labute approximate surface area is 416 Å². The van der Waals surface area contributed by atoms with Crippen LogP contribution in [0.5, 0.6) is 0 Å². The highest BCUT2D eigenvalue weighted by Crippen LogP contribution is 2.43. The van der Waals surface area contributed by atoms with Gasteiger partial charge in [-0.2, -0.15) is 0 Å². The molecule has 67 heavy (non-hydrogen) atoms. The van der Waals surface area contributed by atoms with Crippen LogP contribution < -0.4 is 0 Å². The van der Waals surface area contributed by atoms with E-state index in [1.54, 1.807) is 0 Å². The molecule has 0 heterocycles. The van der Waals surface area contributed by atoms with Gasteiger partial charge in [0.2, 0.25) is 0 Å². The van der Waals surface area contributed by atoms with Gasteiger partial charge in [-0.1, -0.05) is 249 Å². The van der Waals surface area contributed by atoms with Crippen LogP contribution in [0.15, 0.2) is 48.6 Å². The third-order valence-corrected chi connectivity index (χ3v) is 13.4. The van der Waals surface area contributed by atoms with Gasteiger partial charge < -0.3 is 18.9 Å². The largest absolute Gasteiger partial charge is 0.472 e. The summed E-state index contributed by atoms with van der Waals surface area (Å²) in [5.41, 5.74) is 0. The van der Waals surface area contributed by atoms with Crippen LogP contribution in [0.1, 0.15) is 258 Å². The zero-order valence-corrected chi connectivity index (χ0v) is 45.8. The molecule has 0 radical (unpaired) electrons. The van der Waals surface area contributed by atoms with E-state index in [4.69, 9.17) is 18.5 Å². The van der Waals surface area contributed by atoms with Gasteiger partial charge in [0.25, 0.3) is 0 Å². The number of quaternary nitrogens is 1. The molecule has 1 N–H and O–H groups in total. The number of phosphoric acid groups is 1. The molecule has 0 aromatic rings. The van der Waals surface area contributed by atoms with Crippen molar-refractivity contribution < 1.29 is 37.3 Å².